The first kappa shape index (κ1) is 14.0. The predicted octanol–water partition coefficient (Wildman–Crippen LogP) is 4.15. The van der Waals surface area contributed by atoms with E-state index in [1.165, 1.54) is 11.6 Å². The van der Waals surface area contributed by atoms with Crippen LogP contribution in [0.2, 0.25) is 19.1 Å². The van der Waals surface area contributed by atoms with Gasteiger partial charge in [0.05, 0.1) is 13.6 Å². The Bertz CT molecular complexity index is 382. The third-order valence-electron chi connectivity index (χ3n) is 3.82. The van der Waals surface area contributed by atoms with Crippen molar-refractivity contribution >= 4 is 14.0 Å². The van der Waals surface area contributed by atoms with Crippen LogP contribution in [0.15, 0.2) is 24.3 Å². The highest BCUT2D eigenvalue weighted by Gasteiger charge is 2.29. The predicted molar refractivity (Wildman–Crippen MR) is 74.4 cm³/mol. The minimum Gasteiger partial charge on any atom is -0.478 e. The van der Waals surface area contributed by atoms with E-state index in [2.05, 4.69) is 26.9 Å². The topological polar surface area (TPSA) is 37.3 Å². The van der Waals surface area contributed by atoms with Gasteiger partial charge in [-0.05, 0) is 23.2 Å². The SMILES string of the molecule is CCC(c1ccc(C(=O)O)cc1)[Si](C)(C)CC. The largest absolute Gasteiger partial charge is 0.478 e. The first-order valence-corrected chi connectivity index (χ1v) is 9.54. The molecular weight excluding hydrogens is 228 g/mol. The number of carbonyl (C=O) groups is 1. The first-order valence-electron chi connectivity index (χ1n) is 6.25. The van der Waals surface area contributed by atoms with Crippen LogP contribution < -0.4 is 0 Å². The van der Waals surface area contributed by atoms with Gasteiger partial charge in [-0.1, -0.05) is 51.5 Å². The van der Waals surface area contributed by atoms with Crippen LogP contribution in [-0.2, 0) is 0 Å². The molecule has 2 nitrogen and oxygen atoms in total. The molecule has 0 aliphatic carbocycles. The van der Waals surface area contributed by atoms with E-state index in [1.54, 1.807) is 12.1 Å². The van der Waals surface area contributed by atoms with E-state index in [4.69, 9.17) is 5.11 Å². The second-order valence-electron chi connectivity index (χ2n) is 5.23. The molecule has 1 N–H and O–H groups in total. The monoisotopic (exact) mass is 250 g/mol. The van der Waals surface area contributed by atoms with Crippen molar-refractivity contribution in [2.24, 2.45) is 0 Å². The first-order chi connectivity index (χ1) is 7.92. The zero-order valence-electron chi connectivity index (χ0n) is 11.2. The van der Waals surface area contributed by atoms with Gasteiger partial charge in [0, 0.05) is 0 Å². The summed E-state index contributed by atoms with van der Waals surface area (Å²) in [6.45, 7) is 9.30. The second-order valence-corrected chi connectivity index (χ2v) is 10.6. The zero-order valence-corrected chi connectivity index (χ0v) is 12.2. The van der Waals surface area contributed by atoms with Gasteiger partial charge in [0.1, 0.15) is 0 Å². The Labute approximate surface area is 105 Å². The van der Waals surface area contributed by atoms with Gasteiger partial charge in [-0.2, -0.15) is 0 Å². The van der Waals surface area contributed by atoms with Crippen LogP contribution in [0.5, 0.6) is 0 Å². The van der Waals surface area contributed by atoms with Crippen LogP contribution in [0.4, 0.5) is 0 Å². The summed E-state index contributed by atoms with van der Waals surface area (Å²) in [5, 5.41) is 8.89. The molecule has 0 aromatic heterocycles. The van der Waals surface area contributed by atoms with Crippen molar-refractivity contribution in [3.05, 3.63) is 35.4 Å². The van der Waals surface area contributed by atoms with E-state index in [9.17, 15) is 4.79 Å². The molecular formula is C14H22O2Si. The van der Waals surface area contributed by atoms with Crippen molar-refractivity contribution in [3.8, 4) is 0 Å². The Morgan fingerprint density at radius 1 is 1.24 bits per heavy atom. The highest BCUT2D eigenvalue weighted by Crippen LogP contribution is 2.32. The number of hydrogen-bond acceptors (Lipinski definition) is 1. The van der Waals surface area contributed by atoms with Crippen LogP contribution in [0.25, 0.3) is 0 Å². The molecule has 1 unspecified atom stereocenters. The standard InChI is InChI=1S/C14H22O2Si/c1-5-13(17(3,4)6-2)11-7-9-12(10-8-11)14(15)16/h7-10,13H,5-6H2,1-4H3,(H,15,16). The summed E-state index contributed by atoms with van der Waals surface area (Å²) >= 11 is 0. The molecule has 0 fully saturated rings. The molecule has 1 atom stereocenters. The molecule has 94 valence electrons. The van der Waals surface area contributed by atoms with E-state index in [0.29, 0.717) is 11.1 Å². The van der Waals surface area contributed by atoms with Crippen molar-refractivity contribution in [2.75, 3.05) is 0 Å². The lowest BCUT2D eigenvalue weighted by atomic mass is 10.1. The summed E-state index contributed by atoms with van der Waals surface area (Å²) in [7, 11) is -1.24. The Balaban J connectivity index is 3.01. The molecule has 1 aromatic carbocycles. The average Bonchev–Trinajstić information content (AvgIpc) is 2.30. The fourth-order valence-electron chi connectivity index (χ4n) is 2.34. The smallest absolute Gasteiger partial charge is 0.335 e. The maximum absolute atomic E-state index is 10.8. The molecule has 0 radical (unpaired) electrons. The van der Waals surface area contributed by atoms with Gasteiger partial charge in [0.25, 0.3) is 0 Å². The Morgan fingerprint density at radius 3 is 2.12 bits per heavy atom. The van der Waals surface area contributed by atoms with Gasteiger partial charge in [0.2, 0.25) is 0 Å². The molecule has 0 spiro atoms. The Kier molecular flexibility index (Phi) is 4.51. The summed E-state index contributed by atoms with van der Waals surface area (Å²) in [5.74, 6) is -0.850. The average molecular weight is 250 g/mol. The molecule has 0 heterocycles. The maximum atomic E-state index is 10.8. The normalized spacial score (nSPS) is 13.4. The van der Waals surface area contributed by atoms with Gasteiger partial charge >= 0.3 is 5.97 Å². The van der Waals surface area contributed by atoms with Gasteiger partial charge in [-0.15, -0.1) is 0 Å². The highest BCUT2D eigenvalue weighted by atomic mass is 28.3. The lowest BCUT2D eigenvalue weighted by Gasteiger charge is -2.31. The van der Waals surface area contributed by atoms with Crippen molar-refractivity contribution < 1.29 is 9.90 Å². The van der Waals surface area contributed by atoms with Crippen LogP contribution >= 0.6 is 0 Å². The zero-order chi connectivity index (χ0) is 13.1. The second kappa shape index (κ2) is 5.49. The molecule has 17 heavy (non-hydrogen) atoms. The quantitative estimate of drug-likeness (QED) is 0.797. The van der Waals surface area contributed by atoms with Crippen LogP contribution in [0.3, 0.4) is 0 Å². The molecule has 0 saturated heterocycles. The number of aromatic carboxylic acids is 1. The summed E-state index contributed by atoms with van der Waals surface area (Å²) < 4.78 is 0. The van der Waals surface area contributed by atoms with Crippen molar-refractivity contribution in [1.82, 2.24) is 0 Å². The minimum atomic E-state index is -1.24. The van der Waals surface area contributed by atoms with E-state index in [0.717, 1.165) is 6.42 Å². The van der Waals surface area contributed by atoms with E-state index in [1.807, 2.05) is 12.1 Å². The van der Waals surface area contributed by atoms with Gasteiger partial charge in [0.15, 0.2) is 0 Å². The lowest BCUT2D eigenvalue weighted by molar-refractivity contribution is 0.0697. The highest BCUT2D eigenvalue weighted by molar-refractivity contribution is 6.78. The fourth-order valence-corrected chi connectivity index (χ4v) is 5.04. The third kappa shape index (κ3) is 3.19. The molecule has 0 bridgehead atoms. The van der Waals surface area contributed by atoms with E-state index >= 15 is 0 Å². The van der Waals surface area contributed by atoms with Gasteiger partial charge < -0.3 is 5.11 Å². The molecule has 0 aliphatic rings. The molecule has 1 rings (SSSR count). The summed E-state index contributed by atoms with van der Waals surface area (Å²) in [4.78, 5) is 10.8. The third-order valence-corrected chi connectivity index (χ3v) is 8.27. The number of carboxylic acids is 1. The van der Waals surface area contributed by atoms with Gasteiger partial charge in [-0.25, -0.2) is 4.79 Å². The van der Waals surface area contributed by atoms with Crippen molar-refractivity contribution in [1.29, 1.82) is 0 Å². The summed E-state index contributed by atoms with van der Waals surface area (Å²) in [5.41, 5.74) is 2.30. The molecule has 0 saturated carbocycles. The van der Waals surface area contributed by atoms with Crippen molar-refractivity contribution in [3.63, 3.8) is 0 Å². The van der Waals surface area contributed by atoms with E-state index < -0.39 is 14.0 Å². The minimum absolute atomic E-state index is 0.375. The van der Waals surface area contributed by atoms with Crippen molar-refractivity contribution in [2.45, 2.75) is 44.9 Å². The Morgan fingerprint density at radius 2 is 1.76 bits per heavy atom. The summed E-state index contributed by atoms with van der Waals surface area (Å²) in [6.07, 6.45) is 1.14. The van der Waals surface area contributed by atoms with E-state index in [-0.39, 0.29) is 0 Å². The lowest BCUT2D eigenvalue weighted by Crippen LogP contribution is -2.33. The number of carboxylic acid groups (broad SMARTS) is 1. The number of hydrogen-bond donors (Lipinski definition) is 1. The Hall–Kier alpha value is -1.09. The fraction of sp³-hybridized carbons (Fsp3) is 0.500. The molecule has 3 heteroatoms. The van der Waals surface area contributed by atoms with Gasteiger partial charge in [-0.3, -0.25) is 0 Å². The molecule has 0 aliphatic heterocycles. The van der Waals surface area contributed by atoms with Crippen LogP contribution in [0, 0.1) is 0 Å². The van der Waals surface area contributed by atoms with Crippen LogP contribution in [-0.4, -0.2) is 19.1 Å². The summed E-state index contributed by atoms with van der Waals surface area (Å²) in [6, 6.07) is 8.68. The maximum Gasteiger partial charge on any atom is 0.335 e. The number of rotatable bonds is 5. The molecule has 1 aromatic rings. The number of benzene rings is 1. The van der Waals surface area contributed by atoms with Crippen LogP contribution in [0.1, 0.15) is 41.7 Å². The molecule has 0 amide bonds.